The number of pyridine rings is 1. The van der Waals surface area contributed by atoms with E-state index >= 15 is 0 Å². The van der Waals surface area contributed by atoms with Crippen LogP contribution in [0.25, 0.3) is 0 Å². The first-order chi connectivity index (χ1) is 6.90. The number of aryl methyl sites for hydroxylation is 1. The van der Waals surface area contributed by atoms with Gasteiger partial charge in [-0.25, -0.2) is 4.98 Å². The van der Waals surface area contributed by atoms with Crippen LogP contribution in [-0.4, -0.2) is 31.2 Å². The van der Waals surface area contributed by atoms with Crippen molar-refractivity contribution in [1.29, 1.82) is 0 Å². The average molecular weight is 228 g/mol. The smallest absolute Gasteiger partial charge is 0.128 e. The molecule has 1 fully saturated rings. The third-order valence-electron chi connectivity index (χ3n) is 2.66. The van der Waals surface area contributed by atoms with E-state index in [1.165, 1.54) is 5.56 Å². The van der Waals surface area contributed by atoms with Crippen LogP contribution in [0.15, 0.2) is 18.3 Å². The fourth-order valence-electron chi connectivity index (χ4n) is 1.75. The molecule has 1 aromatic rings. The number of nitrogens with one attached hydrogen (secondary N) is 1. The van der Waals surface area contributed by atoms with Gasteiger partial charge >= 0.3 is 0 Å². The van der Waals surface area contributed by atoms with Crippen LogP contribution < -0.4 is 10.2 Å². The van der Waals surface area contributed by atoms with Crippen molar-refractivity contribution in [3.05, 3.63) is 23.9 Å². The maximum atomic E-state index is 4.41. The summed E-state index contributed by atoms with van der Waals surface area (Å²) in [7, 11) is 0. The Bertz CT molecular complexity index is 298. The minimum atomic E-state index is 0. The number of nitrogens with zero attached hydrogens (tertiary/aromatic N) is 2. The topological polar surface area (TPSA) is 28.2 Å². The number of hydrogen-bond acceptors (Lipinski definition) is 3. The maximum Gasteiger partial charge on any atom is 0.128 e. The lowest BCUT2D eigenvalue weighted by Crippen LogP contribution is -2.43. The second-order valence-electron chi connectivity index (χ2n) is 3.61. The molecular formula is C11H18ClN3. The quantitative estimate of drug-likeness (QED) is 0.830. The highest BCUT2D eigenvalue weighted by molar-refractivity contribution is 5.85. The highest BCUT2D eigenvalue weighted by atomic mass is 35.5. The third kappa shape index (κ3) is 3.08. The molecule has 2 heterocycles. The minimum Gasteiger partial charge on any atom is -0.354 e. The Kier molecular flexibility index (Phi) is 4.85. The van der Waals surface area contributed by atoms with Gasteiger partial charge in [-0.3, -0.25) is 0 Å². The molecule has 0 atom stereocenters. The molecule has 0 saturated carbocycles. The van der Waals surface area contributed by atoms with E-state index in [-0.39, 0.29) is 12.4 Å². The lowest BCUT2D eigenvalue weighted by atomic mass is 10.2. The van der Waals surface area contributed by atoms with Crippen molar-refractivity contribution < 1.29 is 0 Å². The summed E-state index contributed by atoms with van der Waals surface area (Å²) >= 11 is 0. The summed E-state index contributed by atoms with van der Waals surface area (Å²) in [4.78, 5) is 6.75. The molecule has 0 unspecified atom stereocenters. The molecular weight excluding hydrogens is 210 g/mol. The maximum absolute atomic E-state index is 4.41. The van der Waals surface area contributed by atoms with E-state index < -0.39 is 0 Å². The summed E-state index contributed by atoms with van der Waals surface area (Å²) in [5.41, 5.74) is 1.37. The van der Waals surface area contributed by atoms with Gasteiger partial charge < -0.3 is 10.2 Å². The Hall–Kier alpha value is -0.800. The summed E-state index contributed by atoms with van der Waals surface area (Å²) in [5, 5.41) is 3.34. The van der Waals surface area contributed by atoms with Gasteiger partial charge in [0.1, 0.15) is 5.82 Å². The van der Waals surface area contributed by atoms with Crippen LogP contribution >= 0.6 is 12.4 Å². The number of rotatable bonds is 2. The Morgan fingerprint density at radius 1 is 1.40 bits per heavy atom. The second-order valence-corrected chi connectivity index (χ2v) is 3.61. The SMILES string of the molecule is CCc1ccnc(N2CCNCC2)c1.Cl. The van der Waals surface area contributed by atoms with Crippen LogP contribution in [0.4, 0.5) is 5.82 Å². The highest BCUT2D eigenvalue weighted by Gasteiger charge is 2.10. The Morgan fingerprint density at radius 2 is 2.13 bits per heavy atom. The molecule has 0 aliphatic carbocycles. The van der Waals surface area contributed by atoms with Crippen LogP contribution in [0, 0.1) is 0 Å². The van der Waals surface area contributed by atoms with Gasteiger partial charge in [-0.05, 0) is 24.1 Å². The molecule has 1 aliphatic rings. The molecule has 0 radical (unpaired) electrons. The van der Waals surface area contributed by atoms with Crippen LogP contribution in [0.2, 0.25) is 0 Å². The number of piperazine rings is 1. The van der Waals surface area contributed by atoms with Gasteiger partial charge in [0.2, 0.25) is 0 Å². The van der Waals surface area contributed by atoms with E-state index in [0.717, 1.165) is 38.4 Å². The first kappa shape index (κ1) is 12.3. The Labute approximate surface area is 97.3 Å². The van der Waals surface area contributed by atoms with Crippen LogP contribution in [0.5, 0.6) is 0 Å². The van der Waals surface area contributed by atoms with Crippen molar-refractivity contribution >= 4 is 18.2 Å². The second kappa shape index (κ2) is 5.93. The first-order valence-electron chi connectivity index (χ1n) is 5.30. The lowest BCUT2D eigenvalue weighted by Gasteiger charge is -2.28. The number of aromatic nitrogens is 1. The molecule has 0 aromatic carbocycles. The summed E-state index contributed by atoms with van der Waals surface area (Å²) in [6.45, 7) is 6.45. The van der Waals surface area contributed by atoms with E-state index in [1.54, 1.807) is 0 Å². The van der Waals surface area contributed by atoms with E-state index in [4.69, 9.17) is 0 Å². The zero-order valence-electron chi connectivity index (χ0n) is 9.07. The fourth-order valence-corrected chi connectivity index (χ4v) is 1.75. The third-order valence-corrected chi connectivity index (χ3v) is 2.66. The number of anilines is 1. The average Bonchev–Trinajstić information content (AvgIpc) is 2.30. The molecule has 4 heteroatoms. The van der Waals surface area contributed by atoms with Crippen molar-refractivity contribution in [1.82, 2.24) is 10.3 Å². The monoisotopic (exact) mass is 227 g/mol. The van der Waals surface area contributed by atoms with Gasteiger partial charge in [-0.1, -0.05) is 6.92 Å². The van der Waals surface area contributed by atoms with Crippen molar-refractivity contribution in [2.45, 2.75) is 13.3 Å². The Balaban J connectivity index is 0.00000112. The van der Waals surface area contributed by atoms with Crippen LogP contribution in [-0.2, 0) is 6.42 Å². The molecule has 15 heavy (non-hydrogen) atoms. The normalized spacial score (nSPS) is 15.9. The zero-order valence-corrected chi connectivity index (χ0v) is 9.89. The molecule has 0 amide bonds. The van der Waals surface area contributed by atoms with E-state index in [1.807, 2.05) is 6.20 Å². The first-order valence-corrected chi connectivity index (χ1v) is 5.30. The molecule has 1 saturated heterocycles. The van der Waals surface area contributed by atoms with Crippen LogP contribution in [0.1, 0.15) is 12.5 Å². The van der Waals surface area contributed by atoms with Crippen molar-refractivity contribution in [3.8, 4) is 0 Å². The van der Waals surface area contributed by atoms with Gasteiger partial charge in [0, 0.05) is 32.4 Å². The molecule has 1 aromatic heterocycles. The van der Waals surface area contributed by atoms with E-state index in [2.05, 4.69) is 34.3 Å². The number of halogens is 1. The van der Waals surface area contributed by atoms with E-state index in [0.29, 0.717) is 0 Å². The summed E-state index contributed by atoms with van der Waals surface area (Å²) in [5.74, 6) is 1.13. The minimum absolute atomic E-state index is 0. The zero-order chi connectivity index (χ0) is 9.80. The standard InChI is InChI=1S/C11H17N3.ClH/c1-2-10-3-4-13-11(9-10)14-7-5-12-6-8-14;/h3-4,9,12H,2,5-8H2,1H3;1H. The van der Waals surface area contributed by atoms with Gasteiger partial charge in [-0.2, -0.15) is 0 Å². The molecule has 0 spiro atoms. The molecule has 1 aliphatic heterocycles. The summed E-state index contributed by atoms with van der Waals surface area (Å²) in [6.07, 6.45) is 3.00. The Morgan fingerprint density at radius 3 is 2.80 bits per heavy atom. The van der Waals surface area contributed by atoms with Gasteiger partial charge in [0.05, 0.1) is 0 Å². The fraction of sp³-hybridized carbons (Fsp3) is 0.545. The molecule has 3 nitrogen and oxygen atoms in total. The molecule has 2 rings (SSSR count). The lowest BCUT2D eigenvalue weighted by molar-refractivity contribution is 0.585. The van der Waals surface area contributed by atoms with Gasteiger partial charge in [0.15, 0.2) is 0 Å². The molecule has 1 N–H and O–H groups in total. The number of hydrogen-bond donors (Lipinski definition) is 1. The van der Waals surface area contributed by atoms with Crippen molar-refractivity contribution in [2.75, 3.05) is 31.1 Å². The van der Waals surface area contributed by atoms with Crippen molar-refractivity contribution in [3.63, 3.8) is 0 Å². The van der Waals surface area contributed by atoms with Gasteiger partial charge in [-0.15, -0.1) is 12.4 Å². The van der Waals surface area contributed by atoms with E-state index in [9.17, 15) is 0 Å². The highest BCUT2D eigenvalue weighted by Crippen LogP contribution is 2.13. The van der Waals surface area contributed by atoms with Gasteiger partial charge in [0.25, 0.3) is 0 Å². The molecule has 0 bridgehead atoms. The van der Waals surface area contributed by atoms with Crippen molar-refractivity contribution in [2.24, 2.45) is 0 Å². The summed E-state index contributed by atoms with van der Waals surface area (Å²) < 4.78 is 0. The largest absolute Gasteiger partial charge is 0.354 e. The molecule has 84 valence electrons. The summed E-state index contributed by atoms with van der Waals surface area (Å²) in [6, 6.07) is 4.29. The van der Waals surface area contributed by atoms with Crippen LogP contribution in [0.3, 0.4) is 0 Å². The predicted molar refractivity (Wildman–Crippen MR) is 65.9 cm³/mol. The predicted octanol–water partition coefficient (Wildman–Crippen LogP) is 1.48.